The quantitative estimate of drug-likeness (QED) is 0.828. The Labute approximate surface area is 165 Å². The molecule has 1 atom stereocenters. The number of amides is 1. The summed E-state index contributed by atoms with van der Waals surface area (Å²) in [4.78, 5) is 14.0. The van der Waals surface area contributed by atoms with Gasteiger partial charge in [-0.25, -0.2) is 0 Å². The Morgan fingerprint density at radius 1 is 1.29 bits per heavy atom. The fraction of sp³-hybridized carbons (Fsp3) is 0.524. The van der Waals surface area contributed by atoms with Crippen LogP contribution in [0.2, 0.25) is 0 Å². The van der Waals surface area contributed by atoms with E-state index in [1.54, 1.807) is 0 Å². The third kappa shape index (κ3) is 3.99. The summed E-state index contributed by atoms with van der Waals surface area (Å²) >= 11 is 0. The smallest absolute Gasteiger partial charge is 0.220 e. The third-order valence-corrected chi connectivity index (χ3v) is 5.36. The highest BCUT2D eigenvalue weighted by molar-refractivity contribution is 5.78. The van der Waals surface area contributed by atoms with E-state index in [0.29, 0.717) is 25.7 Å². The van der Waals surface area contributed by atoms with Crippen LogP contribution in [0.1, 0.15) is 32.3 Å². The van der Waals surface area contributed by atoms with Gasteiger partial charge in [0, 0.05) is 56.0 Å². The van der Waals surface area contributed by atoms with Crippen molar-refractivity contribution < 1.29 is 14.3 Å². The van der Waals surface area contributed by atoms with Crippen molar-refractivity contribution in [3.8, 4) is 22.8 Å². The zero-order chi connectivity index (χ0) is 19.7. The van der Waals surface area contributed by atoms with E-state index in [1.165, 1.54) is 0 Å². The van der Waals surface area contributed by atoms with Crippen LogP contribution in [0.3, 0.4) is 0 Å². The van der Waals surface area contributed by atoms with Gasteiger partial charge in [-0.3, -0.25) is 14.4 Å². The second-order valence-electron chi connectivity index (χ2n) is 7.86. The number of benzene rings is 1. The largest absolute Gasteiger partial charge is 0.486 e. The summed E-state index contributed by atoms with van der Waals surface area (Å²) < 4.78 is 13.2. The molecule has 0 radical (unpaired) electrons. The van der Waals surface area contributed by atoms with Crippen molar-refractivity contribution in [1.29, 1.82) is 0 Å². The van der Waals surface area contributed by atoms with E-state index in [-0.39, 0.29) is 11.9 Å². The summed E-state index contributed by atoms with van der Waals surface area (Å²) in [6.45, 7) is 7.16. The highest BCUT2D eigenvalue weighted by Gasteiger charge is 2.25. The Morgan fingerprint density at radius 2 is 2.07 bits per heavy atom. The molecule has 0 saturated carbocycles. The van der Waals surface area contributed by atoms with Crippen LogP contribution < -0.4 is 14.8 Å². The van der Waals surface area contributed by atoms with Gasteiger partial charge in [0.15, 0.2) is 11.5 Å². The van der Waals surface area contributed by atoms with Crippen LogP contribution in [0.15, 0.2) is 24.4 Å². The first-order valence-corrected chi connectivity index (χ1v) is 9.95. The maximum Gasteiger partial charge on any atom is 0.220 e. The number of rotatable bonds is 6. The van der Waals surface area contributed by atoms with E-state index < -0.39 is 0 Å². The Bertz CT molecular complexity index is 861. The lowest BCUT2D eigenvalue weighted by Gasteiger charge is -2.29. The van der Waals surface area contributed by atoms with Crippen molar-refractivity contribution in [1.82, 2.24) is 20.0 Å². The van der Waals surface area contributed by atoms with Gasteiger partial charge in [0.25, 0.3) is 0 Å². The third-order valence-electron chi connectivity index (χ3n) is 5.36. The summed E-state index contributed by atoms with van der Waals surface area (Å²) in [6, 6.07) is 6.60. The summed E-state index contributed by atoms with van der Waals surface area (Å²) in [6.07, 6.45) is 3.62. The molecule has 0 bridgehead atoms. The fourth-order valence-corrected chi connectivity index (χ4v) is 3.86. The topological polar surface area (TPSA) is 68.6 Å². The summed E-state index contributed by atoms with van der Waals surface area (Å²) in [5.74, 6) is 1.72. The average molecular weight is 384 g/mol. The molecular formula is C21H28N4O3. The maximum absolute atomic E-state index is 11.6. The van der Waals surface area contributed by atoms with Crippen LogP contribution in [-0.2, 0) is 18.4 Å². The number of hydrogen-bond donors (Lipinski definition) is 1. The molecule has 0 spiro atoms. The van der Waals surface area contributed by atoms with Crippen LogP contribution >= 0.6 is 0 Å². The molecule has 2 aromatic rings. The van der Waals surface area contributed by atoms with Gasteiger partial charge >= 0.3 is 0 Å². The van der Waals surface area contributed by atoms with Crippen molar-refractivity contribution in [3.63, 3.8) is 0 Å². The molecule has 3 heterocycles. The van der Waals surface area contributed by atoms with Gasteiger partial charge in [-0.15, -0.1) is 0 Å². The zero-order valence-electron chi connectivity index (χ0n) is 16.8. The van der Waals surface area contributed by atoms with E-state index in [4.69, 9.17) is 14.6 Å². The first kappa shape index (κ1) is 18.8. The van der Waals surface area contributed by atoms with Crippen molar-refractivity contribution in [2.75, 3.05) is 19.8 Å². The molecule has 2 aliphatic rings. The van der Waals surface area contributed by atoms with E-state index in [2.05, 4.69) is 30.3 Å². The molecule has 7 heteroatoms. The minimum atomic E-state index is 0.159. The Balaban J connectivity index is 1.57. The molecule has 1 saturated heterocycles. The first-order valence-electron chi connectivity index (χ1n) is 9.95. The lowest BCUT2D eigenvalue weighted by molar-refractivity contribution is -0.119. The summed E-state index contributed by atoms with van der Waals surface area (Å²) in [7, 11) is 1.95. The predicted octanol–water partition coefficient (Wildman–Crippen LogP) is 2.35. The van der Waals surface area contributed by atoms with Crippen molar-refractivity contribution >= 4 is 5.91 Å². The van der Waals surface area contributed by atoms with Gasteiger partial charge in [0.05, 0.1) is 5.69 Å². The number of aromatic nitrogens is 2. The van der Waals surface area contributed by atoms with Crippen LogP contribution in [0, 0.1) is 0 Å². The first-order chi connectivity index (χ1) is 13.5. The number of hydrogen-bond acceptors (Lipinski definition) is 5. The molecule has 4 rings (SSSR count). The second-order valence-corrected chi connectivity index (χ2v) is 7.86. The van der Waals surface area contributed by atoms with E-state index in [0.717, 1.165) is 47.8 Å². The summed E-state index contributed by atoms with van der Waals surface area (Å²) in [5, 5.41) is 7.79. The highest BCUT2D eigenvalue weighted by Crippen LogP contribution is 2.35. The number of aryl methyl sites for hydroxylation is 1. The monoisotopic (exact) mass is 384 g/mol. The molecule has 1 fully saturated rings. The van der Waals surface area contributed by atoms with Crippen molar-refractivity contribution in [3.05, 3.63) is 30.0 Å². The standard InChI is InChI=1S/C21H28N4O3/c1-14(2)25(13-17-5-7-20(26)22-17)12-16-11-24(3)23-21(16)15-4-6-18-19(10-15)28-9-8-27-18/h4,6,10-11,14,17H,5,7-9,12-13H2,1-3H3,(H,22,26). The molecule has 1 aromatic heterocycles. The maximum atomic E-state index is 11.6. The summed E-state index contributed by atoms with van der Waals surface area (Å²) in [5.41, 5.74) is 3.15. The zero-order valence-corrected chi connectivity index (χ0v) is 16.8. The van der Waals surface area contributed by atoms with Crippen LogP contribution in [-0.4, -0.2) is 52.4 Å². The Morgan fingerprint density at radius 3 is 2.79 bits per heavy atom. The molecule has 0 aliphatic carbocycles. The lowest BCUT2D eigenvalue weighted by atomic mass is 10.1. The fourth-order valence-electron chi connectivity index (χ4n) is 3.86. The molecule has 7 nitrogen and oxygen atoms in total. The lowest BCUT2D eigenvalue weighted by Crippen LogP contribution is -2.41. The molecular weight excluding hydrogens is 356 g/mol. The molecule has 1 amide bonds. The average Bonchev–Trinajstić information content (AvgIpc) is 3.25. The van der Waals surface area contributed by atoms with Gasteiger partial charge < -0.3 is 14.8 Å². The minimum absolute atomic E-state index is 0.159. The number of ether oxygens (including phenoxy) is 2. The Kier molecular flexibility index (Phi) is 5.26. The molecule has 150 valence electrons. The Hall–Kier alpha value is -2.54. The van der Waals surface area contributed by atoms with Crippen LogP contribution in [0.5, 0.6) is 11.5 Å². The molecule has 1 N–H and O–H groups in total. The molecule has 2 aliphatic heterocycles. The van der Waals surface area contributed by atoms with Gasteiger partial charge in [-0.2, -0.15) is 5.10 Å². The van der Waals surface area contributed by atoms with Crippen LogP contribution in [0.25, 0.3) is 11.3 Å². The van der Waals surface area contributed by atoms with Gasteiger partial charge in [0.2, 0.25) is 5.91 Å². The second kappa shape index (κ2) is 7.83. The number of fused-ring (bicyclic) bond motifs is 1. The van der Waals surface area contributed by atoms with Gasteiger partial charge in [-0.1, -0.05) is 0 Å². The van der Waals surface area contributed by atoms with Gasteiger partial charge in [-0.05, 0) is 38.5 Å². The predicted molar refractivity (Wildman–Crippen MR) is 106 cm³/mol. The van der Waals surface area contributed by atoms with E-state index >= 15 is 0 Å². The molecule has 1 unspecified atom stereocenters. The number of carbonyl (C=O) groups excluding carboxylic acids is 1. The number of carbonyl (C=O) groups is 1. The van der Waals surface area contributed by atoms with Crippen molar-refractivity contribution in [2.24, 2.45) is 7.05 Å². The normalized spacial score (nSPS) is 18.8. The highest BCUT2D eigenvalue weighted by atomic mass is 16.6. The van der Waals surface area contributed by atoms with Gasteiger partial charge in [0.1, 0.15) is 13.2 Å². The van der Waals surface area contributed by atoms with Crippen LogP contribution in [0.4, 0.5) is 0 Å². The van der Waals surface area contributed by atoms with E-state index in [1.807, 2.05) is 29.9 Å². The van der Waals surface area contributed by atoms with E-state index in [9.17, 15) is 4.79 Å². The minimum Gasteiger partial charge on any atom is -0.486 e. The molecule has 1 aromatic carbocycles. The van der Waals surface area contributed by atoms with Crippen molar-refractivity contribution in [2.45, 2.75) is 45.3 Å². The molecule has 28 heavy (non-hydrogen) atoms. The SMILES string of the molecule is CC(C)N(Cc1cn(C)nc1-c1ccc2c(c1)OCCO2)CC1CCC(=O)N1. The number of nitrogens with one attached hydrogen (secondary N) is 1. The number of nitrogens with zero attached hydrogens (tertiary/aromatic N) is 3.